The molecule has 0 saturated carbocycles. The van der Waals surface area contributed by atoms with E-state index in [0.717, 1.165) is 17.5 Å². The van der Waals surface area contributed by atoms with Gasteiger partial charge in [-0.1, -0.05) is 43.3 Å². The molecular formula is C21H21NO3. The zero-order chi connectivity index (χ0) is 18.0. The van der Waals surface area contributed by atoms with Crippen molar-refractivity contribution in [3.63, 3.8) is 0 Å². The minimum Gasteiger partial charge on any atom is -0.372 e. The summed E-state index contributed by atoms with van der Waals surface area (Å²) in [5, 5.41) is 0.476. The van der Waals surface area contributed by atoms with E-state index in [1.54, 1.807) is 4.57 Å². The topological polar surface area (TPSA) is 52.2 Å². The molecule has 25 heavy (non-hydrogen) atoms. The summed E-state index contributed by atoms with van der Waals surface area (Å²) < 4.78 is 6.67. The Balaban J connectivity index is 2.25. The second-order valence-corrected chi connectivity index (χ2v) is 7.89. The lowest BCUT2D eigenvalue weighted by Gasteiger charge is -2.45. The first-order valence-electron chi connectivity index (χ1n) is 8.51. The standard InChI is InChI=1S/C21H21NO3/c1-13-10-15-17-16(11-13)21(4,14-8-6-5-7-9-14)12-20(2,3)22(17)19(24)25-18(15)23/h5-11H,12H2,1-4H3. The second-order valence-electron chi connectivity index (χ2n) is 7.89. The molecule has 128 valence electrons. The molecule has 1 aliphatic rings. The fourth-order valence-corrected chi connectivity index (χ4v) is 4.52. The molecule has 4 rings (SSSR count). The van der Waals surface area contributed by atoms with Crippen LogP contribution in [0.25, 0.3) is 10.9 Å². The van der Waals surface area contributed by atoms with Crippen molar-refractivity contribution < 1.29 is 4.42 Å². The van der Waals surface area contributed by atoms with Crippen molar-refractivity contribution in [2.45, 2.75) is 45.1 Å². The van der Waals surface area contributed by atoms with E-state index in [4.69, 9.17) is 4.42 Å². The Kier molecular flexibility index (Phi) is 3.14. The van der Waals surface area contributed by atoms with E-state index in [0.29, 0.717) is 10.9 Å². The highest BCUT2D eigenvalue weighted by atomic mass is 16.4. The molecule has 1 atom stereocenters. The third-order valence-corrected chi connectivity index (χ3v) is 5.46. The zero-order valence-electron chi connectivity index (χ0n) is 14.9. The molecule has 1 aliphatic heterocycles. The van der Waals surface area contributed by atoms with Crippen LogP contribution in [0, 0.1) is 6.92 Å². The van der Waals surface area contributed by atoms with E-state index in [-0.39, 0.29) is 5.41 Å². The lowest BCUT2D eigenvalue weighted by Crippen LogP contribution is -2.47. The quantitative estimate of drug-likeness (QED) is 0.681. The predicted molar refractivity (Wildman–Crippen MR) is 98.3 cm³/mol. The molecule has 0 fully saturated rings. The molecule has 1 unspecified atom stereocenters. The van der Waals surface area contributed by atoms with Gasteiger partial charge >= 0.3 is 11.4 Å². The van der Waals surface area contributed by atoms with Gasteiger partial charge in [-0.3, -0.25) is 4.57 Å². The molecule has 2 heterocycles. The predicted octanol–water partition coefficient (Wildman–Crippen LogP) is 3.71. The van der Waals surface area contributed by atoms with E-state index in [2.05, 4.69) is 25.1 Å². The molecule has 1 aromatic heterocycles. The van der Waals surface area contributed by atoms with E-state index in [1.165, 1.54) is 5.56 Å². The van der Waals surface area contributed by atoms with E-state index >= 15 is 0 Å². The van der Waals surface area contributed by atoms with Gasteiger partial charge in [0.05, 0.1) is 10.9 Å². The highest BCUT2D eigenvalue weighted by molar-refractivity contribution is 5.84. The van der Waals surface area contributed by atoms with Gasteiger partial charge in [0.25, 0.3) is 0 Å². The van der Waals surface area contributed by atoms with Crippen LogP contribution in [0.4, 0.5) is 0 Å². The average molecular weight is 335 g/mol. The molecular weight excluding hydrogens is 314 g/mol. The summed E-state index contributed by atoms with van der Waals surface area (Å²) >= 11 is 0. The van der Waals surface area contributed by atoms with Gasteiger partial charge in [0.15, 0.2) is 0 Å². The third-order valence-electron chi connectivity index (χ3n) is 5.46. The SMILES string of the molecule is Cc1cc2c3c(c1)c(=O)oc(=O)n3C(C)(C)CC2(C)c1ccccc1. The molecule has 2 aromatic carbocycles. The molecule has 4 nitrogen and oxygen atoms in total. The van der Waals surface area contributed by atoms with Crippen LogP contribution in [0.1, 0.15) is 43.9 Å². The van der Waals surface area contributed by atoms with E-state index < -0.39 is 16.9 Å². The van der Waals surface area contributed by atoms with Gasteiger partial charge in [0, 0.05) is 11.0 Å². The number of rotatable bonds is 1. The highest BCUT2D eigenvalue weighted by Gasteiger charge is 2.44. The molecule has 0 saturated heterocycles. The van der Waals surface area contributed by atoms with Crippen molar-refractivity contribution in [2.24, 2.45) is 0 Å². The van der Waals surface area contributed by atoms with Gasteiger partial charge in [-0.25, -0.2) is 9.59 Å². The van der Waals surface area contributed by atoms with Crippen LogP contribution in [0.5, 0.6) is 0 Å². The Bertz CT molecular complexity index is 1110. The van der Waals surface area contributed by atoms with Crippen molar-refractivity contribution in [2.75, 3.05) is 0 Å². The molecule has 0 aliphatic carbocycles. The summed E-state index contributed by atoms with van der Waals surface area (Å²) in [4.78, 5) is 24.9. The van der Waals surface area contributed by atoms with Crippen LogP contribution < -0.4 is 11.4 Å². The summed E-state index contributed by atoms with van der Waals surface area (Å²) in [7, 11) is 0. The number of hydrogen-bond acceptors (Lipinski definition) is 3. The van der Waals surface area contributed by atoms with E-state index in [1.807, 2.05) is 45.0 Å². The van der Waals surface area contributed by atoms with Gasteiger partial charge in [-0.05, 0) is 49.9 Å². The number of aromatic nitrogens is 1. The molecule has 4 heteroatoms. The van der Waals surface area contributed by atoms with Crippen LogP contribution >= 0.6 is 0 Å². The molecule has 0 amide bonds. The van der Waals surface area contributed by atoms with Gasteiger partial charge in [-0.2, -0.15) is 0 Å². The Morgan fingerprint density at radius 2 is 1.72 bits per heavy atom. The van der Waals surface area contributed by atoms with Crippen molar-refractivity contribution in [3.8, 4) is 0 Å². The summed E-state index contributed by atoms with van der Waals surface area (Å²) in [6, 6.07) is 14.2. The fourth-order valence-electron chi connectivity index (χ4n) is 4.52. The van der Waals surface area contributed by atoms with Crippen LogP contribution in [-0.4, -0.2) is 4.57 Å². The molecule has 3 aromatic rings. The maximum absolute atomic E-state index is 12.5. The van der Waals surface area contributed by atoms with Gasteiger partial charge in [0.2, 0.25) is 0 Å². The maximum Gasteiger partial charge on any atom is 0.422 e. The normalized spacial score (nSPS) is 21.4. The Hall–Kier alpha value is -2.62. The van der Waals surface area contributed by atoms with Crippen molar-refractivity contribution >= 4 is 10.9 Å². The third kappa shape index (κ3) is 2.13. The monoisotopic (exact) mass is 335 g/mol. The van der Waals surface area contributed by atoms with Gasteiger partial charge < -0.3 is 4.42 Å². The first-order chi connectivity index (χ1) is 11.7. The Morgan fingerprint density at radius 1 is 1.04 bits per heavy atom. The lowest BCUT2D eigenvalue weighted by atomic mass is 9.66. The van der Waals surface area contributed by atoms with Crippen molar-refractivity contribution in [3.05, 3.63) is 80.1 Å². The summed E-state index contributed by atoms with van der Waals surface area (Å²) in [6.45, 7) is 8.21. The zero-order valence-corrected chi connectivity index (χ0v) is 14.9. The summed E-state index contributed by atoms with van der Waals surface area (Å²) in [6.07, 6.45) is 0.739. The number of aryl methyl sites for hydroxylation is 1. The molecule has 0 N–H and O–H groups in total. The first kappa shape index (κ1) is 15.9. The molecule has 0 bridgehead atoms. The smallest absolute Gasteiger partial charge is 0.372 e. The second kappa shape index (κ2) is 4.94. The lowest BCUT2D eigenvalue weighted by molar-refractivity contribution is 0.226. The summed E-state index contributed by atoms with van der Waals surface area (Å²) in [5.41, 5.74) is 2.56. The van der Waals surface area contributed by atoms with E-state index in [9.17, 15) is 9.59 Å². The number of hydrogen-bond donors (Lipinski definition) is 0. The van der Waals surface area contributed by atoms with Crippen LogP contribution in [0.15, 0.2) is 56.5 Å². The average Bonchev–Trinajstić information content (AvgIpc) is 2.54. The maximum atomic E-state index is 12.5. The van der Waals surface area contributed by atoms with Gasteiger partial charge in [-0.15, -0.1) is 0 Å². The number of benzene rings is 2. The largest absolute Gasteiger partial charge is 0.422 e. The van der Waals surface area contributed by atoms with Crippen LogP contribution in [0.3, 0.4) is 0 Å². The van der Waals surface area contributed by atoms with Crippen molar-refractivity contribution in [1.29, 1.82) is 0 Å². The Morgan fingerprint density at radius 3 is 2.40 bits per heavy atom. The molecule has 0 spiro atoms. The minimum atomic E-state index is -0.581. The number of nitrogens with zero attached hydrogens (tertiary/aromatic N) is 1. The van der Waals surface area contributed by atoms with Crippen molar-refractivity contribution in [1.82, 2.24) is 4.57 Å². The summed E-state index contributed by atoms with van der Waals surface area (Å²) in [5.74, 6) is -0.581. The highest BCUT2D eigenvalue weighted by Crippen LogP contribution is 2.47. The minimum absolute atomic E-state index is 0.296. The molecule has 0 radical (unpaired) electrons. The Labute approximate surface area is 145 Å². The van der Waals surface area contributed by atoms with Crippen LogP contribution in [0.2, 0.25) is 0 Å². The van der Waals surface area contributed by atoms with Gasteiger partial charge in [0.1, 0.15) is 0 Å². The fraction of sp³-hybridized carbons (Fsp3) is 0.333. The first-order valence-corrected chi connectivity index (χ1v) is 8.51. The van der Waals surface area contributed by atoms with Crippen LogP contribution in [-0.2, 0) is 11.0 Å².